The second kappa shape index (κ2) is 6.57. The predicted molar refractivity (Wildman–Crippen MR) is 79.6 cm³/mol. The number of hydrogen-bond donors (Lipinski definition) is 1. The quantitative estimate of drug-likeness (QED) is 0.802. The van der Waals surface area contributed by atoms with Crippen molar-refractivity contribution in [2.45, 2.75) is 26.4 Å². The first-order valence-electron chi connectivity index (χ1n) is 6.36. The lowest BCUT2D eigenvalue weighted by Gasteiger charge is -2.21. The molecule has 0 radical (unpaired) electrons. The number of benzene rings is 1. The van der Waals surface area contributed by atoms with Crippen LogP contribution in [0.1, 0.15) is 24.5 Å². The number of rotatable bonds is 6. The number of nitrogens with two attached hydrogens (primary N) is 1. The first-order chi connectivity index (χ1) is 8.78. The Morgan fingerprint density at radius 2 is 2.00 bits per heavy atom. The summed E-state index contributed by atoms with van der Waals surface area (Å²) in [4.78, 5) is 2.47. The molecule has 18 heavy (non-hydrogen) atoms. The van der Waals surface area contributed by atoms with E-state index < -0.39 is 0 Å². The highest BCUT2D eigenvalue weighted by Crippen LogP contribution is 2.14. The lowest BCUT2D eigenvalue weighted by Crippen LogP contribution is -2.23. The SMILES string of the molecule is CCCN(Cc1ccsc1)Cc1cccc(N)c1. The summed E-state index contributed by atoms with van der Waals surface area (Å²) in [5, 5.41) is 4.36. The van der Waals surface area contributed by atoms with Crippen LogP contribution in [0, 0.1) is 0 Å². The maximum absolute atomic E-state index is 5.83. The number of thiophene rings is 1. The summed E-state index contributed by atoms with van der Waals surface area (Å²) in [6.07, 6.45) is 1.17. The molecule has 2 nitrogen and oxygen atoms in total. The highest BCUT2D eigenvalue weighted by atomic mass is 32.1. The van der Waals surface area contributed by atoms with Crippen LogP contribution in [-0.4, -0.2) is 11.4 Å². The smallest absolute Gasteiger partial charge is 0.0317 e. The molecule has 0 unspecified atom stereocenters. The minimum atomic E-state index is 0.847. The van der Waals surface area contributed by atoms with Crippen molar-refractivity contribution in [2.24, 2.45) is 0 Å². The van der Waals surface area contributed by atoms with Crippen LogP contribution in [0.5, 0.6) is 0 Å². The van der Waals surface area contributed by atoms with Crippen LogP contribution >= 0.6 is 11.3 Å². The monoisotopic (exact) mass is 260 g/mol. The van der Waals surface area contributed by atoms with E-state index in [1.165, 1.54) is 17.5 Å². The first-order valence-corrected chi connectivity index (χ1v) is 7.30. The zero-order chi connectivity index (χ0) is 12.8. The van der Waals surface area contributed by atoms with Gasteiger partial charge in [-0.1, -0.05) is 19.1 Å². The van der Waals surface area contributed by atoms with Crippen molar-refractivity contribution in [3.8, 4) is 0 Å². The van der Waals surface area contributed by atoms with Crippen molar-refractivity contribution in [1.82, 2.24) is 4.90 Å². The second-order valence-corrected chi connectivity index (χ2v) is 5.37. The van der Waals surface area contributed by atoms with E-state index in [9.17, 15) is 0 Å². The van der Waals surface area contributed by atoms with Crippen LogP contribution in [-0.2, 0) is 13.1 Å². The van der Waals surface area contributed by atoms with Crippen molar-refractivity contribution >= 4 is 17.0 Å². The molecule has 1 heterocycles. The Balaban J connectivity index is 2.01. The molecule has 1 aromatic carbocycles. The van der Waals surface area contributed by atoms with E-state index in [0.717, 1.165) is 25.3 Å². The normalized spacial score (nSPS) is 11.0. The zero-order valence-corrected chi connectivity index (χ0v) is 11.6. The third-order valence-corrected chi connectivity index (χ3v) is 3.62. The Kier molecular flexibility index (Phi) is 4.79. The molecule has 0 aliphatic rings. The predicted octanol–water partition coefficient (Wildman–Crippen LogP) is 3.74. The average molecular weight is 260 g/mol. The molecule has 0 saturated carbocycles. The van der Waals surface area contributed by atoms with Crippen molar-refractivity contribution in [3.05, 3.63) is 52.2 Å². The van der Waals surface area contributed by atoms with Gasteiger partial charge in [0, 0.05) is 18.8 Å². The fourth-order valence-corrected chi connectivity index (χ4v) is 2.78. The van der Waals surface area contributed by atoms with E-state index in [1.54, 1.807) is 11.3 Å². The van der Waals surface area contributed by atoms with Gasteiger partial charge in [-0.2, -0.15) is 11.3 Å². The van der Waals surface area contributed by atoms with Gasteiger partial charge in [0.2, 0.25) is 0 Å². The molecular weight excluding hydrogens is 240 g/mol. The second-order valence-electron chi connectivity index (χ2n) is 4.59. The molecule has 0 aliphatic heterocycles. The van der Waals surface area contributed by atoms with Gasteiger partial charge in [0.25, 0.3) is 0 Å². The summed E-state index contributed by atoms with van der Waals surface area (Å²) in [5.41, 5.74) is 9.36. The molecule has 0 aliphatic carbocycles. The molecular formula is C15H20N2S. The minimum absolute atomic E-state index is 0.847. The molecule has 2 aromatic rings. The van der Waals surface area contributed by atoms with Gasteiger partial charge < -0.3 is 5.73 Å². The van der Waals surface area contributed by atoms with Gasteiger partial charge in [-0.05, 0) is 53.1 Å². The van der Waals surface area contributed by atoms with E-state index in [-0.39, 0.29) is 0 Å². The highest BCUT2D eigenvalue weighted by molar-refractivity contribution is 7.07. The van der Waals surface area contributed by atoms with Crippen LogP contribution in [0.3, 0.4) is 0 Å². The molecule has 3 heteroatoms. The summed E-state index contributed by atoms with van der Waals surface area (Å²) in [7, 11) is 0. The zero-order valence-electron chi connectivity index (χ0n) is 10.8. The third-order valence-electron chi connectivity index (χ3n) is 2.88. The van der Waals surface area contributed by atoms with E-state index >= 15 is 0 Å². The molecule has 0 spiro atoms. The largest absolute Gasteiger partial charge is 0.399 e. The summed E-state index contributed by atoms with van der Waals surface area (Å²) < 4.78 is 0. The van der Waals surface area contributed by atoms with Crippen LogP contribution in [0.2, 0.25) is 0 Å². The van der Waals surface area contributed by atoms with Crippen LogP contribution in [0.25, 0.3) is 0 Å². The topological polar surface area (TPSA) is 29.3 Å². The number of hydrogen-bond acceptors (Lipinski definition) is 3. The van der Waals surface area contributed by atoms with E-state index in [0.29, 0.717) is 0 Å². The van der Waals surface area contributed by atoms with Crippen molar-refractivity contribution in [3.63, 3.8) is 0 Å². The Labute approximate surface area is 113 Å². The summed E-state index contributed by atoms with van der Waals surface area (Å²) >= 11 is 1.76. The molecule has 96 valence electrons. The molecule has 2 N–H and O–H groups in total. The van der Waals surface area contributed by atoms with Crippen LogP contribution in [0.4, 0.5) is 5.69 Å². The molecule has 0 fully saturated rings. The van der Waals surface area contributed by atoms with Gasteiger partial charge >= 0.3 is 0 Å². The van der Waals surface area contributed by atoms with Crippen molar-refractivity contribution in [1.29, 1.82) is 0 Å². The fourth-order valence-electron chi connectivity index (χ4n) is 2.12. The highest BCUT2D eigenvalue weighted by Gasteiger charge is 2.06. The fraction of sp³-hybridized carbons (Fsp3) is 0.333. The Hall–Kier alpha value is -1.32. The Morgan fingerprint density at radius 1 is 1.17 bits per heavy atom. The lowest BCUT2D eigenvalue weighted by molar-refractivity contribution is 0.257. The molecule has 0 bridgehead atoms. The minimum Gasteiger partial charge on any atom is -0.399 e. The average Bonchev–Trinajstić information content (AvgIpc) is 2.82. The standard InChI is InChI=1S/C15H20N2S/c1-2-7-17(11-14-6-8-18-12-14)10-13-4-3-5-15(16)9-13/h3-6,8-9,12H,2,7,10-11,16H2,1H3. The first kappa shape index (κ1) is 13.1. The van der Waals surface area contributed by atoms with Crippen LogP contribution in [0.15, 0.2) is 41.1 Å². The number of anilines is 1. The number of nitrogens with zero attached hydrogens (tertiary/aromatic N) is 1. The summed E-state index contributed by atoms with van der Waals surface area (Å²) in [5.74, 6) is 0. The molecule has 2 rings (SSSR count). The molecule has 0 saturated heterocycles. The van der Waals surface area contributed by atoms with Gasteiger partial charge in [-0.25, -0.2) is 0 Å². The van der Waals surface area contributed by atoms with Crippen molar-refractivity contribution in [2.75, 3.05) is 12.3 Å². The maximum Gasteiger partial charge on any atom is 0.0317 e. The maximum atomic E-state index is 5.83. The van der Waals surface area contributed by atoms with Gasteiger partial charge in [-0.15, -0.1) is 0 Å². The summed E-state index contributed by atoms with van der Waals surface area (Å²) in [6, 6.07) is 10.4. The van der Waals surface area contributed by atoms with Gasteiger partial charge in [0.1, 0.15) is 0 Å². The van der Waals surface area contributed by atoms with Crippen LogP contribution < -0.4 is 5.73 Å². The third kappa shape index (κ3) is 3.86. The molecule has 0 atom stereocenters. The van der Waals surface area contributed by atoms with E-state index in [1.807, 2.05) is 12.1 Å². The van der Waals surface area contributed by atoms with Gasteiger partial charge in [0.15, 0.2) is 0 Å². The lowest BCUT2D eigenvalue weighted by atomic mass is 10.1. The molecule has 0 amide bonds. The van der Waals surface area contributed by atoms with Crippen molar-refractivity contribution < 1.29 is 0 Å². The summed E-state index contributed by atoms with van der Waals surface area (Å²) in [6.45, 7) is 5.32. The van der Waals surface area contributed by atoms with E-state index in [2.05, 4.69) is 40.8 Å². The van der Waals surface area contributed by atoms with E-state index in [4.69, 9.17) is 5.73 Å². The Bertz CT molecular complexity index is 465. The number of nitrogen functional groups attached to an aromatic ring is 1. The van der Waals surface area contributed by atoms with Gasteiger partial charge in [0.05, 0.1) is 0 Å². The Morgan fingerprint density at radius 3 is 2.67 bits per heavy atom. The molecule has 1 aromatic heterocycles. The van der Waals surface area contributed by atoms with Gasteiger partial charge in [-0.3, -0.25) is 4.90 Å².